The van der Waals surface area contributed by atoms with Crippen LogP contribution in [0.4, 0.5) is 5.13 Å². The Labute approximate surface area is 127 Å². The Balaban J connectivity index is 1.78. The van der Waals surface area contributed by atoms with E-state index in [2.05, 4.69) is 10.3 Å². The number of aliphatic carboxylic acids is 1. The lowest BCUT2D eigenvalue weighted by Gasteiger charge is -2.23. The van der Waals surface area contributed by atoms with Crippen LogP contribution in [0.5, 0.6) is 0 Å². The van der Waals surface area contributed by atoms with Crippen LogP contribution in [-0.4, -0.2) is 22.0 Å². The molecule has 5 nitrogen and oxygen atoms in total. The highest BCUT2D eigenvalue weighted by Crippen LogP contribution is 2.48. The van der Waals surface area contributed by atoms with Crippen LogP contribution in [0.3, 0.4) is 0 Å². The lowest BCUT2D eigenvalue weighted by Crippen LogP contribution is -2.36. The van der Waals surface area contributed by atoms with E-state index >= 15 is 0 Å². The summed E-state index contributed by atoms with van der Waals surface area (Å²) < 4.78 is 0. The molecular weight excluding hydrogens is 288 g/mol. The van der Waals surface area contributed by atoms with Crippen LogP contribution in [0.1, 0.15) is 23.9 Å². The number of nitrogens with one attached hydrogen (secondary N) is 1. The summed E-state index contributed by atoms with van der Waals surface area (Å²) in [6.45, 7) is 4.00. The molecule has 112 valence electrons. The van der Waals surface area contributed by atoms with Gasteiger partial charge in [0.1, 0.15) is 0 Å². The fourth-order valence-corrected chi connectivity index (χ4v) is 4.42. The molecule has 4 unspecified atom stereocenters. The molecule has 3 rings (SSSR count). The third-order valence-electron chi connectivity index (χ3n) is 4.50. The van der Waals surface area contributed by atoms with Gasteiger partial charge in [-0.3, -0.25) is 9.59 Å². The highest BCUT2D eigenvalue weighted by atomic mass is 32.1. The summed E-state index contributed by atoms with van der Waals surface area (Å²) in [7, 11) is 0. The fourth-order valence-electron chi connectivity index (χ4n) is 3.51. The molecule has 0 saturated heterocycles. The molecule has 1 heterocycles. The van der Waals surface area contributed by atoms with E-state index < -0.39 is 17.8 Å². The molecule has 1 fully saturated rings. The van der Waals surface area contributed by atoms with E-state index in [0.29, 0.717) is 5.13 Å². The first kappa shape index (κ1) is 14.3. The Kier molecular flexibility index (Phi) is 3.57. The quantitative estimate of drug-likeness (QED) is 0.838. The zero-order valence-corrected chi connectivity index (χ0v) is 12.8. The summed E-state index contributed by atoms with van der Waals surface area (Å²) in [6.07, 6.45) is 5.52. The average molecular weight is 306 g/mol. The van der Waals surface area contributed by atoms with Crippen molar-refractivity contribution in [3.8, 4) is 0 Å². The molecule has 1 aromatic rings. The molecule has 2 aliphatic rings. The van der Waals surface area contributed by atoms with Gasteiger partial charge in [-0.1, -0.05) is 19.1 Å². The van der Waals surface area contributed by atoms with Gasteiger partial charge in [-0.05, 0) is 31.6 Å². The molecule has 2 bridgehead atoms. The van der Waals surface area contributed by atoms with E-state index in [1.165, 1.54) is 11.3 Å². The molecule has 1 saturated carbocycles. The zero-order valence-electron chi connectivity index (χ0n) is 12.0. The third-order valence-corrected chi connectivity index (χ3v) is 5.43. The Hall–Kier alpha value is -1.69. The van der Waals surface area contributed by atoms with Gasteiger partial charge in [-0.15, -0.1) is 11.3 Å². The number of hydrogen-bond donors (Lipinski definition) is 2. The molecule has 0 radical (unpaired) electrons. The van der Waals surface area contributed by atoms with E-state index in [4.69, 9.17) is 0 Å². The predicted octanol–water partition coefficient (Wildman–Crippen LogP) is 2.48. The first-order chi connectivity index (χ1) is 10.0. The summed E-state index contributed by atoms with van der Waals surface area (Å²) >= 11 is 1.45. The van der Waals surface area contributed by atoms with E-state index in [9.17, 15) is 14.7 Å². The number of carboxylic acid groups (broad SMARTS) is 1. The number of anilines is 1. The van der Waals surface area contributed by atoms with Gasteiger partial charge in [-0.25, -0.2) is 4.98 Å². The highest BCUT2D eigenvalue weighted by molar-refractivity contribution is 7.15. The largest absolute Gasteiger partial charge is 0.481 e. The van der Waals surface area contributed by atoms with Gasteiger partial charge in [0.05, 0.1) is 17.5 Å². The van der Waals surface area contributed by atoms with E-state index in [-0.39, 0.29) is 17.7 Å². The Bertz CT molecular complexity index is 622. The number of fused-ring (bicyclic) bond motifs is 2. The van der Waals surface area contributed by atoms with E-state index in [1.807, 2.05) is 26.0 Å². The van der Waals surface area contributed by atoms with Crippen molar-refractivity contribution in [2.45, 2.75) is 26.7 Å². The van der Waals surface area contributed by atoms with Crippen molar-refractivity contribution in [1.82, 2.24) is 4.98 Å². The lowest BCUT2D eigenvalue weighted by atomic mass is 9.82. The zero-order chi connectivity index (χ0) is 15.1. The third kappa shape index (κ3) is 2.37. The molecule has 2 N–H and O–H groups in total. The van der Waals surface area contributed by atoms with Crippen molar-refractivity contribution in [2.24, 2.45) is 23.7 Å². The first-order valence-electron chi connectivity index (χ1n) is 7.19. The predicted molar refractivity (Wildman–Crippen MR) is 80.2 cm³/mol. The lowest BCUT2D eigenvalue weighted by molar-refractivity contribution is -0.146. The molecule has 0 aromatic carbocycles. The number of carboxylic acids is 1. The van der Waals surface area contributed by atoms with E-state index in [0.717, 1.165) is 23.4 Å². The number of nitrogens with zero attached hydrogens (tertiary/aromatic N) is 1. The minimum Gasteiger partial charge on any atom is -0.481 e. The molecular formula is C15H18N2O3S. The number of amides is 1. The molecule has 4 atom stereocenters. The summed E-state index contributed by atoms with van der Waals surface area (Å²) in [5.41, 5.74) is 0.984. The van der Waals surface area contributed by atoms with Gasteiger partial charge in [0.15, 0.2) is 5.13 Å². The number of thiazole rings is 1. The first-order valence-corrected chi connectivity index (χ1v) is 8.01. The monoisotopic (exact) mass is 306 g/mol. The van der Waals surface area contributed by atoms with Crippen LogP contribution in [0.15, 0.2) is 12.2 Å². The maximum atomic E-state index is 12.5. The van der Waals surface area contributed by atoms with Crippen molar-refractivity contribution < 1.29 is 14.7 Å². The number of aromatic nitrogens is 1. The second-order valence-electron chi connectivity index (χ2n) is 5.70. The van der Waals surface area contributed by atoms with Gasteiger partial charge in [0, 0.05) is 4.88 Å². The number of carbonyl (C=O) groups is 2. The van der Waals surface area contributed by atoms with Crippen molar-refractivity contribution in [1.29, 1.82) is 0 Å². The SMILES string of the molecule is CCc1nc(NC(=O)C2C3C=CC(C3)C2C(=O)O)sc1C. The highest BCUT2D eigenvalue weighted by Gasteiger charge is 2.51. The second-order valence-corrected chi connectivity index (χ2v) is 6.91. The second kappa shape index (κ2) is 5.26. The number of carbonyl (C=O) groups excluding carboxylic acids is 1. The van der Waals surface area contributed by atoms with E-state index in [1.54, 1.807) is 0 Å². The molecule has 0 spiro atoms. The van der Waals surface area contributed by atoms with Crippen LogP contribution in [-0.2, 0) is 16.0 Å². The van der Waals surface area contributed by atoms with Gasteiger partial charge in [0.2, 0.25) is 5.91 Å². The average Bonchev–Trinajstić information content (AvgIpc) is 3.11. The minimum atomic E-state index is -0.878. The molecule has 0 aliphatic heterocycles. The van der Waals surface area contributed by atoms with Gasteiger partial charge >= 0.3 is 5.97 Å². The van der Waals surface area contributed by atoms with Crippen LogP contribution in [0.2, 0.25) is 0 Å². The summed E-state index contributed by atoms with van der Waals surface area (Å²) in [6, 6.07) is 0. The van der Waals surface area contributed by atoms with Gasteiger partial charge in [0.25, 0.3) is 0 Å². The van der Waals surface area contributed by atoms with Crippen LogP contribution >= 0.6 is 11.3 Å². The fraction of sp³-hybridized carbons (Fsp3) is 0.533. The molecule has 21 heavy (non-hydrogen) atoms. The van der Waals surface area contributed by atoms with Crippen LogP contribution in [0, 0.1) is 30.6 Å². The van der Waals surface area contributed by atoms with Crippen molar-refractivity contribution in [2.75, 3.05) is 5.32 Å². The van der Waals surface area contributed by atoms with Gasteiger partial charge in [-0.2, -0.15) is 0 Å². The maximum absolute atomic E-state index is 12.5. The van der Waals surface area contributed by atoms with Crippen LogP contribution in [0.25, 0.3) is 0 Å². The molecule has 1 aromatic heterocycles. The summed E-state index contributed by atoms with van der Waals surface area (Å²) in [5, 5.41) is 12.8. The maximum Gasteiger partial charge on any atom is 0.307 e. The Morgan fingerprint density at radius 1 is 1.38 bits per heavy atom. The molecule has 2 aliphatic carbocycles. The number of rotatable bonds is 4. The Morgan fingerprint density at radius 3 is 2.62 bits per heavy atom. The number of aryl methyl sites for hydroxylation is 2. The van der Waals surface area contributed by atoms with Crippen molar-refractivity contribution >= 4 is 28.3 Å². The van der Waals surface area contributed by atoms with Crippen molar-refractivity contribution in [3.05, 3.63) is 22.7 Å². The smallest absolute Gasteiger partial charge is 0.307 e. The summed E-state index contributed by atoms with van der Waals surface area (Å²) in [4.78, 5) is 29.4. The van der Waals surface area contributed by atoms with Crippen molar-refractivity contribution in [3.63, 3.8) is 0 Å². The van der Waals surface area contributed by atoms with Crippen LogP contribution < -0.4 is 5.32 Å². The number of allylic oxidation sites excluding steroid dienone is 2. The summed E-state index contributed by atoms with van der Waals surface area (Å²) in [5.74, 6) is -2.14. The normalized spacial score (nSPS) is 29.8. The van der Waals surface area contributed by atoms with Gasteiger partial charge < -0.3 is 10.4 Å². The Morgan fingerprint density at radius 2 is 2.05 bits per heavy atom. The standard InChI is InChI=1S/C15H18N2O3S/c1-3-10-7(2)21-15(16-10)17-13(18)11-8-4-5-9(6-8)12(11)14(19)20/h4-5,8-9,11-12H,3,6H2,1-2H3,(H,19,20)(H,16,17,18). The molecule has 6 heteroatoms. The minimum absolute atomic E-state index is 0.00696. The number of hydrogen-bond acceptors (Lipinski definition) is 4. The molecule has 1 amide bonds. The topological polar surface area (TPSA) is 79.3 Å².